The average molecular weight is 240 g/mol. The van der Waals surface area contributed by atoms with Gasteiger partial charge in [0.05, 0.1) is 6.61 Å². The molecular weight excluding hydrogens is 220 g/mol. The summed E-state index contributed by atoms with van der Waals surface area (Å²) in [6.07, 6.45) is 1.92. The van der Waals surface area contributed by atoms with Crippen molar-refractivity contribution in [2.75, 3.05) is 6.61 Å². The minimum absolute atomic E-state index is 0.00728. The fraction of sp³-hybridized carbons (Fsp3) is 0.615. The molecule has 96 valence electrons. The lowest BCUT2D eigenvalue weighted by Gasteiger charge is -2.14. The van der Waals surface area contributed by atoms with Crippen LogP contribution in [0.5, 0.6) is 0 Å². The predicted octanol–water partition coefficient (Wildman–Crippen LogP) is 2.07. The van der Waals surface area contributed by atoms with E-state index in [9.17, 15) is 14.4 Å². The van der Waals surface area contributed by atoms with Gasteiger partial charge in [-0.1, -0.05) is 5.57 Å². The molecule has 0 aromatic heterocycles. The Morgan fingerprint density at radius 1 is 1.06 bits per heavy atom. The van der Waals surface area contributed by atoms with Crippen LogP contribution in [0.15, 0.2) is 11.6 Å². The van der Waals surface area contributed by atoms with Gasteiger partial charge in [-0.2, -0.15) is 0 Å². The number of allylic oxidation sites excluding steroid dienone is 1. The van der Waals surface area contributed by atoms with Gasteiger partial charge in [-0.25, -0.2) is 4.79 Å². The number of Topliss-reactive ketones (excluding diaryl/α,β-unsaturated/α-hetero) is 2. The average Bonchev–Trinajstić information content (AvgIpc) is 2.15. The number of carbonyl (C=O) groups is 3. The Morgan fingerprint density at radius 3 is 1.88 bits per heavy atom. The van der Waals surface area contributed by atoms with Gasteiger partial charge in [0.1, 0.15) is 11.6 Å². The van der Waals surface area contributed by atoms with Crippen LogP contribution in [0.2, 0.25) is 0 Å². The molecule has 0 amide bonds. The molecule has 4 nitrogen and oxygen atoms in total. The van der Waals surface area contributed by atoms with Crippen molar-refractivity contribution >= 4 is 17.5 Å². The second-order valence-corrected chi connectivity index (χ2v) is 4.15. The van der Waals surface area contributed by atoms with Crippen molar-refractivity contribution < 1.29 is 19.1 Å². The molecule has 0 radical (unpaired) electrons. The molecule has 0 aliphatic rings. The smallest absolute Gasteiger partial charge is 0.330 e. The third kappa shape index (κ3) is 7.44. The van der Waals surface area contributed by atoms with Crippen LogP contribution in [0, 0.1) is 5.92 Å². The number of carbonyl (C=O) groups excluding carboxylic acids is 3. The van der Waals surface area contributed by atoms with E-state index in [-0.39, 0.29) is 30.3 Å². The molecule has 4 heteroatoms. The first-order valence-electron chi connectivity index (χ1n) is 5.70. The van der Waals surface area contributed by atoms with E-state index in [2.05, 4.69) is 0 Å². The summed E-state index contributed by atoms with van der Waals surface area (Å²) < 4.78 is 4.79. The van der Waals surface area contributed by atoms with Crippen LogP contribution in [-0.4, -0.2) is 24.1 Å². The Labute approximate surface area is 102 Å². The highest BCUT2D eigenvalue weighted by Crippen LogP contribution is 2.20. The van der Waals surface area contributed by atoms with Gasteiger partial charge in [-0.3, -0.25) is 0 Å². The molecule has 0 N–H and O–H groups in total. The summed E-state index contributed by atoms with van der Waals surface area (Å²) in [4.78, 5) is 33.5. The van der Waals surface area contributed by atoms with Crippen molar-refractivity contribution in [3.63, 3.8) is 0 Å². The van der Waals surface area contributed by atoms with E-state index in [1.807, 2.05) is 0 Å². The monoisotopic (exact) mass is 240 g/mol. The van der Waals surface area contributed by atoms with Crippen LogP contribution >= 0.6 is 0 Å². The maximum absolute atomic E-state index is 11.3. The Balaban J connectivity index is 4.71. The minimum Gasteiger partial charge on any atom is -0.463 e. The SMILES string of the molecule is CCOC(=O)/C=C(/C)C(CC(C)=O)CC(C)=O. The van der Waals surface area contributed by atoms with Crippen LogP contribution in [0.4, 0.5) is 0 Å². The number of rotatable bonds is 7. The van der Waals surface area contributed by atoms with Gasteiger partial charge >= 0.3 is 5.97 Å². The fourth-order valence-corrected chi connectivity index (χ4v) is 1.58. The van der Waals surface area contributed by atoms with Crippen LogP contribution < -0.4 is 0 Å². The second kappa shape index (κ2) is 7.76. The summed E-state index contributed by atoms with van der Waals surface area (Å²) in [6, 6.07) is 0. The number of esters is 1. The zero-order chi connectivity index (χ0) is 13.4. The Bertz CT molecular complexity index is 312. The highest BCUT2D eigenvalue weighted by molar-refractivity contribution is 5.84. The maximum atomic E-state index is 11.3. The third-order valence-corrected chi connectivity index (χ3v) is 2.34. The Hall–Kier alpha value is -1.45. The lowest BCUT2D eigenvalue weighted by molar-refractivity contribution is -0.137. The largest absolute Gasteiger partial charge is 0.463 e. The van der Waals surface area contributed by atoms with Gasteiger partial charge in [-0.15, -0.1) is 0 Å². The molecule has 0 fully saturated rings. The molecule has 0 aliphatic carbocycles. The van der Waals surface area contributed by atoms with Crippen molar-refractivity contribution in [1.29, 1.82) is 0 Å². The summed E-state index contributed by atoms with van der Waals surface area (Å²) in [6.45, 7) is 6.74. The van der Waals surface area contributed by atoms with Crippen LogP contribution in [-0.2, 0) is 19.1 Å². The van der Waals surface area contributed by atoms with E-state index in [0.717, 1.165) is 0 Å². The molecule has 0 unspecified atom stereocenters. The molecule has 0 bridgehead atoms. The molecule has 0 atom stereocenters. The van der Waals surface area contributed by atoms with E-state index in [4.69, 9.17) is 4.74 Å². The van der Waals surface area contributed by atoms with E-state index in [1.54, 1.807) is 13.8 Å². The number of ether oxygens (including phenoxy) is 1. The molecule has 0 aromatic carbocycles. The molecular formula is C13H20O4. The van der Waals surface area contributed by atoms with Gasteiger partial charge < -0.3 is 14.3 Å². The minimum atomic E-state index is -0.429. The normalized spacial score (nSPS) is 11.5. The summed E-state index contributed by atoms with van der Waals surface area (Å²) >= 11 is 0. The molecule has 0 spiro atoms. The highest BCUT2D eigenvalue weighted by atomic mass is 16.5. The van der Waals surface area contributed by atoms with Gasteiger partial charge in [0.15, 0.2) is 0 Å². The van der Waals surface area contributed by atoms with E-state index in [0.29, 0.717) is 12.2 Å². The van der Waals surface area contributed by atoms with E-state index in [1.165, 1.54) is 19.9 Å². The van der Waals surface area contributed by atoms with Gasteiger partial charge in [-0.05, 0) is 33.6 Å². The van der Waals surface area contributed by atoms with Gasteiger partial charge in [0, 0.05) is 18.9 Å². The third-order valence-electron chi connectivity index (χ3n) is 2.34. The first-order chi connectivity index (χ1) is 7.86. The predicted molar refractivity (Wildman–Crippen MR) is 64.5 cm³/mol. The first-order valence-corrected chi connectivity index (χ1v) is 5.70. The second-order valence-electron chi connectivity index (χ2n) is 4.15. The van der Waals surface area contributed by atoms with Crippen LogP contribution in [0.1, 0.15) is 40.5 Å². The summed E-state index contributed by atoms with van der Waals surface area (Å²) in [5.41, 5.74) is 0.717. The molecule has 0 aliphatic heterocycles. The molecule has 17 heavy (non-hydrogen) atoms. The zero-order valence-electron chi connectivity index (χ0n) is 10.9. The quantitative estimate of drug-likeness (QED) is 0.505. The van der Waals surface area contributed by atoms with Crippen LogP contribution in [0.3, 0.4) is 0 Å². The topological polar surface area (TPSA) is 60.4 Å². The highest BCUT2D eigenvalue weighted by Gasteiger charge is 2.16. The maximum Gasteiger partial charge on any atom is 0.330 e. The fourth-order valence-electron chi connectivity index (χ4n) is 1.58. The van der Waals surface area contributed by atoms with E-state index >= 15 is 0 Å². The summed E-state index contributed by atoms with van der Waals surface area (Å²) in [5, 5.41) is 0. The molecule has 0 heterocycles. The lowest BCUT2D eigenvalue weighted by atomic mass is 9.90. The molecule has 0 saturated carbocycles. The lowest BCUT2D eigenvalue weighted by Crippen LogP contribution is -2.13. The number of ketones is 2. The van der Waals surface area contributed by atoms with Crippen molar-refractivity contribution in [3.05, 3.63) is 11.6 Å². The van der Waals surface area contributed by atoms with Crippen molar-refractivity contribution in [2.24, 2.45) is 5.92 Å². The van der Waals surface area contributed by atoms with Crippen LogP contribution in [0.25, 0.3) is 0 Å². The summed E-state index contributed by atoms with van der Waals surface area (Å²) in [7, 11) is 0. The van der Waals surface area contributed by atoms with Crippen molar-refractivity contribution in [3.8, 4) is 0 Å². The molecule has 0 rings (SSSR count). The molecule has 0 saturated heterocycles. The summed E-state index contributed by atoms with van der Waals surface area (Å²) in [5.74, 6) is -0.614. The zero-order valence-corrected chi connectivity index (χ0v) is 10.9. The van der Waals surface area contributed by atoms with Gasteiger partial charge in [0.2, 0.25) is 0 Å². The first kappa shape index (κ1) is 15.6. The van der Waals surface area contributed by atoms with Crippen molar-refractivity contribution in [2.45, 2.75) is 40.5 Å². The molecule has 0 aromatic rings. The Morgan fingerprint density at radius 2 is 1.53 bits per heavy atom. The number of hydrogen-bond acceptors (Lipinski definition) is 4. The standard InChI is InChI=1S/C13H20O4/c1-5-17-13(16)6-9(2)12(7-10(3)14)8-11(4)15/h6,12H,5,7-8H2,1-4H3/b9-6-. The number of hydrogen-bond donors (Lipinski definition) is 0. The van der Waals surface area contributed by atoms with E-state index < -0.39 is 5.97 Å². The Kier molecular flexibility index (Phi) is 7.10. The van der Waals surface area contributed by atoms with Crippen molar-refractivity contribution in [1.82, 2.24) is 0 Å². The van der Waals surface area contributed by atoms with Gasteiger partial charge in [0.25, 0.3) is 0 Å².